The zero-order valence-corrected chi connectivity index (χ0v) is 19.1. The Balaban J connectivity index is 1.28. The van der Waals surface area contributed by atoms with Crippen molar-refractivity contribution in [1.82, 2.24) is 24.3 Å². The Kier molecular flexibility index (Phi) is 4.83. The number of hydrogen-bond acceptors (Lipinski definition) is 5. The monoisotopic (exact) mass is 456 g/mol. The van der Waals surface area contributed by atoms with Gasteiger partial charge in [0.15, 0.2) is 0 Å². The first-order valence-corrected chi connectivity index (χ1v) is 11.6. The Morgan fingerprint density at radius 2 is 1.59 bits per heavy atom. The van der Waals surface area contributed by atoms with Gasteiger partial charge in [0.05, 0.1) is 0 Å². The molecule has 2 unspecified atom stereocenters. The van der Waals surface area contributed by atoms with E-state index in [0.717, 1.165) is 36.0 Å². The molecular weight excluding hydrogens is 431 g/mol. The summed E-state index contributed by atoms with van der Waals surface area (Å²) in [5.74, 6) is 1.18. The molecule has 1 amide bonds. The molecule has 4 aromatic rings. The highest BCUT2D eigenvalue weighted by Gasteiger charge is 2.43. The number of aryl methyl sites for hydroxylation is 2. The summed E-state index contributed by atoms with van der Waals surface area (Å²) < 4.78 is 15.4. The highest BCUT2D eigenvalue weighted by Crippen LogP contribution is 2.35. The molecule has 7 nitrogen and oxygen atoms in total. The van der Waals surface area contributed by atoms with Gasteiger partial charge in [-0.1, -0.05) is 6.07 Å². The van der Waals surface area contributed by atoms with Crippen molar-refractivity contribution < 1.29 is 9.18 Å². The molecule has 2 fully saturated rings. The van der Waals surface area contributed by atoms with Gasteiger partial charge in [-0.05, 0) is 56.3 Å². The molecule has 0 radical (unpaired) electrons. The summed E-state index contributed by atoms with van der Waals surface area (Å²) in [6.07, 6.45) is 1.86. The van der Waals surface area contributed by atoms with Crippen molar-refractivity contribution in [2.75, 3.05) is 31.1 Å². The number of imidazole rings is 1. The van der Waals surface area contributed by atoms with Gasteiger partial charge in [-0.25, -0.2) is 19.3 Å². The number of nitrogens with zero attached hydrogens (tertiary/aromatic N) is 6. The number of anilines is 1. The van der Waals surface area contributed by atoms with Gasteiger partial charge in [0.25, 0.3) is 5.91 Å². The van der Waals surface area contributed by atoms with E-state index in [-0.39, 0.29) is 11.7 Å². The van der Waals surface area contributed by atoms with E-state index >= 15 is 0 Å². The number of amides is 1. The highest BCUT2D eigenvalue weighted by molar-refractivity contribution is 6.00. The standard InChI is InChI=1S/C26H25FN6O/c1-16-11-17(2)29-26(28-16)32-14-19-12-31(13-20(19)15-32)25(34)24-23(18-6-8-21(27)9-7-18)30-22-5-3-4-10-33(22)24/h3-11,19-20H,12-15H2,1-2H3. The van der Waals surface area contributed by atoms with Crippen LogP contribution in [0.2, 0.25) is 0 Å². The van der Waals surface area contributed by atoms with Crippen molar-refractivity contribution in [3.8, 4) is 11.3 Å². The molecule has 3 aromatic heterocycles. The number of hydrogen-bond donors (Lipinski definition) is 0. The number of carbonyl (C=O) groups excluding carboxylic acids is 1. The van der Waals surface area contributed by atoms with Crippen LogP contribution >= 0.6 is 0 Å². The van der Waals surface area contributed by atoms with Crippen molar-refractivity contribution in [3.05, 3.63) is 77.6 Å². The van der Waals surface area contributed by atoms with Gasteiger partial charge >= 0.3 is 0 Å². The Labute approximate surface area is 196 Å². The molecule has 0 bridgehead atoms. The summed E-state index contributed by atoms with van der Waals surface area (Å²) in [5, 5.41) is 0. The Morgan fingerprint density at radius 3 is 2.26 bits per heavy atom. The molecule has 2 saturated heterocycles. The van der Waals surface area contributed by atoms with Gasteiger partial charge < -0.3 is 9.80 Å². The SMILES string of the molecule is Cc1cc(C)nc(N2CC3CN(C(=O)c4c(-c5ccc(F)cc5)nc5ccccn45)CC3C2)n1. The van der Waals surface area contributed by atoms with Gasteiger partial charge in [0.1, 0.15) is 22.9 Å². The number of pyridine rings is 1. The summed E-state index contributed by atoms with van der Waals surface area (Å²) in [6.45, 7) is 7.04. The van der Waals surface area contributed by atoms with Gasteiger partial charge in [0.2, 0.25) is 5.95 Å². The number of rotatable bonds is 3. The van der Waals surface area contributed by atoms with Gasteiger partial charge in [0, 0.05) is 61.2 Å². The van der Waals surface area contributed by atoms with E-state index in [2.05, 4.69) is 14.9 Å². The fraction of sp³-hybridized carbons (Fsp3) is 0.308. The third-order valence-electron chi connectivity index (χ3n) is 6.88. The number of aromatic nitrogens is 4. The molecule has 34 heavy (non-hydrogen) atoms. The van der Waals surface area contributed by atoms with E-state index in [4.69, 9.17) is 4.98 Å². The first kappa shape index (κ1) is 20.8. The van der Waals surface area contributed by atoms with Gasteiger partial charge in [-0.2, -0.15) is 0 Å². The summed E-state index contributed by atoms with van der Waals surface area (Å²) in [4.78, 5) is 31.9. The number of carbonyl (C=O) groups is 1. The maximum Gasteiger partial charge on any atom is 0.273 e. The molecule has 2 atom stereocenters. The van der Waals surface area contributed by atoms with E-state index in [0.29, 0.717) is 42.0 Å². The molecule has 0 saturated carbocycles. The second kappa shape index (κ2) is 7.90. The molecule has 0 spiro atoms. The first-order chi connectivity index (χ1) is 16.5. The topological polar surface area (TPSA) is 66.6 Å². The fourth-order valence-electron chi connectivity index (χ4n) is 5.33. The highest BCUT2D eigenvalue weighted by atomic mass is 19.1. The van der Waals surface area contributed by atoms with Crippen LogP contribution in [0.1, 0.15) is 21.9 Å². The molecule has 5 heterocycles. The van der Waals surface area contributed by atoms with Crippen LogP contribution in [0.25, 0.3) is 16.9 Å². The molecule has 0 N–H and O–H groups in total. The van der Waals surface area contributed by atoms with Crippen molar-refractivity contribution in [2.45, 2.75) is 13.8 Å². The molecule has 6 rings (SSSR count). The van der Waals surface area contributed by atoms with Crippen molar-refractivity contribution >= 4 is 17.5 Å². The van der Waals surface area contributed by atoms with E-state index < -0.39 is 0 Å². The number of halogens is 1. The number of benzene rings is 1. The molecule has 172 valence electrons. The summed E-state index contributed by atoms with van der Waals surface area (Å²) >= 11 is 0. The summed E-state index contributed by atoms with van der Waals surface area (Å²) in [7, 11) is 0. The van der Waals surface area contributed by atoms with Crippen LogP contribution in [0.5, 0.6) is 0 Å². The van der Waals surface area contributed by atoms with Crippen molar-refractivity contribution in [2.24, 2.45) is 11.8 Å². The van der Waals surface area contributed by atoms with Crippen molar-refractivity contribution in [3.63, 3.8) is 0 Å². The molecule has 1 aromatic carbocycles. The zero-order valence-electron chi connectivity index (χ0n) is 19.1. The predicted molar refractivity (Wildman–Crippen MR) is 127 cm³/mol. The molecule has 0 aliphatic carbocycles. The predicted octanol–water partition coefficient (Wildman–Crippen LogP) is 3.76. The van der Waals surface area contributed by atoms with Gasteiger partial charge in [-0.3, -0.25) is 9.20 Å². The second-order valence-electron chi connectivity index (χ2n) is 9.33. The minimum atomic E-state index is -0.315. The Bertz CT molecular complexity index is 1360. The normalized spacial score (nSPS) is 19.7. The lowest BCUT2D eigenvalue weighted by Crippen LogP contribution is -2.34. The van der Waals surface area contributed by atoms with Gasteiger partial charge in [-0.15, -0.1) is 0 Å². The van der Waals surface area contributed by atoms with Crippen LogP contribution in [0.3, 0.4) is 0 Å². The fourth-order valence-corrected chi connectivity index (χ4v) is 5.33. The number of fused-ring (bicyclic) bond motifs is 2. The molecule has 2 aliphatic rings. The number of likely N-dealkylation sites (tertiary alicyclic amines) is 1. The Morgan fingerprint density at radius 1 is 0.912 bits per heavy atom. The van der Waals surface area contributed by atoms with E-state index in [1.807, 2.05) is 53.6 Å². The van der Waals surface area contributed by atoms with E-state index in [9.17, 15) is 9.18 Å². The molecule has 2 aliphatic heterocycles. The lowest BCUT2D eigenvalue weighted by molar-refractivity contribution is 0.0776. The minimum absolute atomic E-state index is 0.0402. The lowest BCUT2D eigenvalue weighted by Gasteiger charge is -2.22. The molecule has 8 heteroatoms. The van der Waals surface area contributed by atoms with Crippen LogP contribution in [0.15, 0.2) is 54.7 Å². The summed E-state index contributed by atoms with van der Waals surface area (Å²) in [6, 6.07) is 13.8. The average Bonchev–Trinajstić information content (AvgIpc) is 3.50. The average molecular weight is 457 g/mol. The third-order valence-corrected chi connectivity index (χ3v) is 6.88. The third kappa shape index (κ3) is 3.50. The second-order valence-corrected chi connectivity index (χ2v) is 9.33. The van der Waals surface area contributed by atoms with E-state index in [1.54, 1.807) is 12.1 Å². The quantitative estimate of drug-likeness (QED) is 0.470. The maximum atomic E-state index is 13.8. The van der Waals surface area contributed by atoms with Crippen molar-refractivity contribution in [1.29, 1.82) is 0 Å². The smallest absolute Gasteiger partial charge is 0.273 e. The van der Waals surface area contributed by atoms with Crippen LogP contribution in [-0.2, 0) is 0 Å². The maximum absolute atomic E-state index is 13.8. The largest absolute Gasteiger partial charge is 0.340 e. The lowest BCUT2D eigenvalue weighted by atomic mass is 10.0. The van der Waals surface area contributed by atoms with E-state index in [1.165, 1.54) is 12.1 Å². The van der Waals surface area contributed by atoms with Crippen LogP contribution in [0, 0.1) is 31.5 Å². The summed E-state index contributed by atoms with van der Waals surface area (Å²) in [5.41, 5.74) is 4.47. The zero-order chi connectivity index (χ0) is 23.4. The van der Waals surface area contributed by atoms with Crippen LogP contribution in [0.4, 0.5) is 10.3 Å². The first-order valence-electron chi connectivity index (χ1n) is 11.6. The molecular formula is C26H25FN6O. The minimum Gasteiger partial charge on any atom is -0.340 e. The Hall–Kier alpha value is -3.81. The van der Waals surface area contributed by atoms with Crippen LogP contribution in [-0.4, -0.2) is 56.3 Å². The van der Waals surface area contributed by atoms with Crippen LogP contribution < -0.4 is 4.90 Å².